The fourth-order valence-electron chi connectivity index (χ4n) is 2.44. The zero-order valence-electron chi connectivity index (χ0n) is 13.9. The number of sulfonamides is 1. The fraction of sp³-hybridized carbons (Fsp3) is 0.267. The molecule has 0 saturated heterocycles. The maximum Gasteiger partial charge on any atom is 0.244 e. The van der Waals surface area contributed by atoms with Crippen LogP contribution in [0.5, 0.6) is 5.75 Å². The summed E-state index contributed by atoms with van der Waals surface area (Å²) in [6.45, 7) is 1.69. The van der Waals surface area contributed by atoms with Gasteiger partial charge in [0.2, 0.25) is 10.0 Å². The monoisotopic (exact) mass is 363 g/mol. The van der Waals surface area contributed by atoms with E-state index in [-0.39, 0.29) is 10.6 Å². The molecule has 9 nitrogen and oxygen atoms in total. The van der Waals surface area contributed by atoms with Crippen LogP contribution in [-0.4, -0.2) is 35.4 Å². The Morgan fingerprint density at radius 2 is 2.12 bits per heavy atom. The predicted octanol–water partition coefficient (Wildman–Crippen LogP) is 1.52. The van der Waals surface area contributed by atoms with Crippen LogP contribution in [0.4, 0.5) is 0 Å². The Hall–Kier alpha value is -2.72. The molecule has 0 aliphatic carbocycles. The highest BCUT2D eigenvalue weighted by Gasteiger charge is 2.25. The van der Waals surface area contributed by atoms with Crippen molar-refractivity contribution in [2.24, 2.45) is 7.05 Å². The van der Waals surface area contributed by atoms with Crippen LogP contribution in [0.3, 0.4) is 0 Å². The van der Waals surface area contributed by atoms with Gasteiger partial charge < -0.3 is 13.8 Å². The van der Waals surface area contributed by atoms with E-state index in [1.165, 1.54) is 25.7 Å². The summed E-state index contributed by atoms with van der Waals surface area (Å²) in [5, 5.41) is 11.3. The average Bonchev–Trinajstić information content (AvgIpc) is 3.25. The van der Waals surface area contributed by atoms with Gasteiger partial charge in [-0.3, -0.25) is 0 Å². The van der Waals surface area contributed by atoms with Crippen LogP contribution >= 0.6 is 0 Å². The van der Waals surface area contributed by atoms with Crippen LogP contribution in [0.2, 0.25) is 0 Å². The number of hydrogen-bond acceptors (Lipinski definition) is 7. The number of aryl methyl sites for hydroxylation is 1. The van der Waals surface area contributed by atoms with Crippen LogP contribution in [0.25, 0.3) is 11.3 Å². The van der Waals surface area contributed by atoms with Gasteiger partial charge in [0.1, 0.15) is 22.8 Å². The highest BCUT2D eigenvalue weighted by atomic mass is 32.2. The summed E-state index contributed by atoms with van der Waals surface area (Å²) in [6.07, 6.45) is 2.99. The van der Waals surface area contributed by atoms with E-state index >= 15 is 0 Å². The summed E-state index contributed by atoms with van der Waals surface area (Å²) >= 11 is 0. The van der Waals surface area contributed by atoms with Crippen molar-refractivity contribution in [2.45, 2.75) is 17.9 Å². The second kappa shape index (κ2) is 6.65. The van der Waals surface area contributed by atoms with Gasteiger partial charge in [0, 0.05) is 18.7 Å². The van der Waals surface area contributed by atoms with Crippen molar-refractivity contribution in [3.8, 4) is 17.1 Å². The molecule has 132 valence electrons. The highest BCUT2D eigenvalue weighted by molar-refractivity contribution is 7.89. The predicted molar refractivity (Wildman–Crippen MR) is 88.2 cm³/mol. The average molecular weight is 363 g/mol. The summed E-state index contributed by atoms with van der Waals surface area (Å²) in [4.78, 5) is -0.00193. The molecule has 3 aromatic rings. The van der Waals surface area contributed by atoms with E-state index in [1.807, 2.05) is 0 Å². The lowest BCUT2D eigenvalue weighted by Crippen LogP contribution is -2.29. The van der Waals surface area contributed by atoms with E-state index in [1.54, 1.807) is 36.7 Å². The molecule has 2 aromatic heterocycles. The SMILES string of the molecule is COc1ccc(-c2ccno2)cc1S(=O)(=O)N[C@H](C)c1nncn1C. The summed E-state index contributed by atoms with van der Waals surface area (Å²) in [5.74, 6) is 1.18. The lowest BCUT2D eigenvalue weighted by Gasteiger charge is -2.15. The van der Waals surface area contributed by atoms with Crippen molar-refractivity contribution in [3.05, 3.63) is 42.6 Å². The van der Waals surface area contributed by atoms with E-state index in [4.69, 9.17) is 9.26 Å². The van der Waals surface area contributed by atoms with Crippen LogP contribution in [0.15, 0.2) is 46.2 Å². The maximum absolute atomic E-state index is 12.9. The summed E-state index contributed by atoms with van der Waals surface area (Å²) < 4.78 is 40.2. The van der Waals surface area contributed by atoms with Crippen LogP contribution in [-0.2, 0) is 17.1 Å². The Kier molecular flexibility index (Phi) is 4.55. The molecule has 3 rings (SSSR count). The van der Waals surface area contributed by atoms with Gasteiger partial charge in [0.05, 0.1) is 19.3 Å². The lowest BCUT2D eigenvalue weighted by molar-refractivity contribution is 0.401. The number of nitrogens with one attached hydrogen (secondary N) is 1. The Balaban J connectivity index is 1.98. The first-order valence-corrected chi connectivity index (χ1v) is 8.86. The molecule has 10 heteroatoms. The van der Waals surface area contributed by atoms with Crippen molar-refractivity contribution in [1.82, 2.24) is 24.6 Å². The molecule has 0 bridgehead atoms. The van der Waals surface area contributed by atoms with E-state index in [0.717, 1.165) is 0 Å². The third-order valence-corrected chi connectivity index (χ3v) is 5.20. The normalized spacial score (nSPS) is 12.9. The number of ether oxygens (including phenoxy) is 1. The molecule has 1 aromatic carbocycles. The van der Waals surface area contributed by atoms with Crippen molar-refractivity contribution in [2.75, 3.05) is 7.11 Å². The Bertz CT molecular complexity index is 966. The maximum atomic E-state index is 12.9. The number of aromatic nitrogens is 4. The largest absolute Gasteiger partial charge is 0.495 e. The molecule has 1 atom stereocenters. The molecule has 1 N–H and O–H groups in total. The lowest BCUT2D eigenvalue weighted by atomic mass is 10.2. The van der Waals surface area contributed by atoms with Gasteiger partial charge in [0.25, 0.3) is 0 Å². The molecule has 0 aliphatic rings. The molecule has 0 radical (unpaired) electrons. The topological polar surface area (TPSA) is 112 Å². The second-order valence-electron chi connectivity index (χ2n) is 5.39. The number of methoxy groups -OCH3 is 1. The summed E-state index contributed by atoms with van der Waals surface area (Å²) in [5.41, 5.74) is 0.574. The number of rotatable bonds is 6. The fourth-order valence-corrected chi connectivity index (χ4v) is 3.83. The standard InChI is InChI=1S/C15H17N5O4S/c1-10(15-18-16-9-20(15)2)19-25(21,22)14-8-11(4-5-13(14)23-3)12-6-7-17-24-12/h4-10,19H,1-3H3/t10-/m1/s1. The van der Waals surface area contributed by atoms with Crippen LogP contribution in [0.1, 0.15) is 18.8 Å². The smallest absolute Gasteiger partial charge is 0.244 e. The van der Waals surface area contributed by atoms with Gasteiger partial charge in [-0.1, -0.05) is 5.16 Å². The molecular formula is C15H17N5O4S. The first-order valence-electron chi connectivity index (χ1n) is 7.37. The Morgan fingerprint density at radius 3 is 2.72 bits per heavy atom. The highest BCUT2D eigenvalue weighted by Crippen LogP contribution is 2.30. The molecule has 0 aliphatic heterocycles. The van der Waals surface area contributed by atoms with E-state index in [0.29, 0.717) is 17.1 Å². The molecule has 0 spiro atoms. The minimum Gasteiger partial charge on any atom is -0.495 e. The van der Waals surface area contributed by atoms with E-state index in [2.05, 4.69) is 20.1 Å². The van der Waals surface area contributed by atoms with Gasteiger partial charge in [-0.25, -0.2) is 13.1 Å². The molecule has 0 saturated carbocycles. The molecule has 0 fully saturated rings. The van der Waals surface area contributed by atoms with Crippen molar-refractivity contribution < 1.29 is 17.7 Å². The van der Waals surface area contributed by atoms with Gasteiger partial charge in [-0.2, -0.15) is 0 Å². The molecule has 2 heterocycles. The van der Waals surface area contributed by atoms with E-state index in [9.17, 15) is 8.42 Å². The molecule has 0 unspecified atom stereocenters. The number of nitrogens with zero attached hydrogens (tertiary/aromatic N) is 4. The zero-order chi connectivity index (χ0) is 18.0. The number of hydrogen-bond donors (Lipinski definition) is 1. The summed E-state index contributed by atoms with van der Waals surface area (Å²) in [6, 6.07) is 5.82. The van der Waals surface area contributed by atoms with Gasteiger partial charge in [0.15, 0.2) is 5.76 Å². The summed E-state index contributed by atoms with van der Waals surface area (Å²) in [7, 11) is -0.724. The second-order valence-corrected chi connectivity index (χ2v) is 7.07. The van der Waals surface area contributed by atoms with Crippen molar-refractivity contribution in [3.63, 3.8) is 0 Å². The third-order valence-electron chi connectivity index (χ3n) is 3.64. The zero-order valence-corrected chi connectivity index (χ0v) is 14.7. The van der Waals surface area contributed by atoms with Crippen LogP contribution in [0, 0.1) is 0 Å². The first-order chi connectivity index (χ1) is 11.9. The Labute approximate surface area is 144 Å². The molecular weight excluding hydrogens is 346 g/mol. The Morgan fingerprint density at radius 1 is 1.32 bits per heavy atom. The van der Waals surface area contributed by atoms with Crippen molar-refractivity contribution >= 4 is 10.0 Å². The molecule has 0 amide bonds. The minimum atomic E-state index is -3.88. The minimum absolute atomic E-state index is 0.00193. The van der Waals surface area contributed by atoms with Crippen molar-refractivity contribution in [1.29, 1.82) is 0 Å². The van der Waals surface area contributed by atoms with E-state index < -0.39 is 16.1 Å². The van der Waals surface area contributed by atoms with Gasteiger partial charge in [-0.15, -0.1) is 10.2 Å². The number of benzene rings is 1. The van der Waals surface area contributed by atoms with Gasteiger partial charge >= 0.3 is 0 Å². The third kappa shape index (κ3) is 3.39. The quantitative estimate of drug-likeness (QED) is 0.706. The van der Waals surface area contributed by atoms with Gasteiger partial charge in [-0.05, 0) is 25.1 Å². The van der Waals surface area contributed by atoms with Crippen LogP contribution < -0.4 is 9.46 Å². The first kappa shape index (κ1) is 17.1. The molecule has 25 heavy (non-hydrogen) atoms.